The number of hydrogen-bond donors (Lipinski definition) is 1. The smallest absolute Gasteiger partial charge is 1.00 e. The van der Waals surface area contributed by atoms with Gasteiger partial charge in [0.1, 0.15) is 6.23 Å². The number of likely N-dealkylation sites (N-methyl/N-ethyl adjacent to an activating group) is 1. The van der Waals surface area contributed by atoms with Gasteiger partial charge in [0.05, 0.1) is 0 Å². The van der Waals surface area contributed by atoms with E-state index in [1.54, 1.807) is 13.0 Å². The van der Waals surface area contributed by atoms with Crippen LogP contribution in [0.15, 0.2) is 23.8 Å². The fourth-order valence-electron chi connectivity index (χ4n) is 1.76. The molecule has 0 aliphatic heterocycles. The van der Waals surface area contributed by atoms with Crippen molar-refractivity contribution >= 4 is 5.71 Å². The van der Waals surface area contributed by atoms with Crippen LogP contribution in [0.3, 0.4) is 0 Å². The van der Waals surface area contributed by atoms with Crippen molar-refractivity contribution in [3.05, 3.63) is 29.3 Å². The maximum absolute atomic E-state index is 9.56. The molecule has 1 rings (SSSR count). The number of hydrogen-bond acceptors (Lipinski definition) is 2. The molecule has 1 aliphatic carbocycles. The molecule has 0 aromatic rings. The molecule has 2 atom stereocenters. The van der Waals surface area contributed by atoms with Crippen LogP contribution in [0.1, 0.15) is 20.8 Å². The Morgan fingerprint density at radius 1 is 1.59 bits per heavy atom. The number of aliphatic hydroxyl groups is 1. The molecule has 0 aromatic heterocycles. The van der Waals surface area contributed by atoms with E-state index in [9.17, 15) is 5.11 Å². The van der Waals surface area contributed by atoms with Crippen molar-refractivity contribution in [2.24, 2.45) is 0 Å². The molecule has 0 spiro atoms. The van der Waals surface area contributed by atoms with Gasteiger partial charge in [-0.1, -0.05) is 19.1 Å². The Balaban J connectivity index is 0. The normalized spacial score (nSPS) is 19.9. The van der Waals surface area contributed by atoms with Crippen LogP contribution in [0, 0.1) is 0 Å². The second-order valence-electron chi connectivity index (χ2n) is 3.65. The second kappa shape index (κ2) is 8.74. The van der Waals surface area contributed by atoms with Gasteiger partial charge in [-0.2, -0.15) is 4.79 Å². The van der Waals surface area contributed by atoms with Gasteiger partial charge < -0.3 is 23.0 Å². The van der Waals surface area contributed by atoms with Gasteiger partial charge in [-0.15, -0.1) is 0 Å². The summed E-state index contributed by atoms with van der Waals surface area (Å²) in [5.41, 5.74) is 10.2. The van der Waals surface area contributed by atoms with E-state index in [4.69, 9.17) is 5.53 Å². The first-order chi connectivity index (χ1) is 7.10. The van der Waals surface area contributed by atoms with E-state index in [1.807, 2.05) is 30.9 Å². The molecule has 0 heterocycles. The van der Waals surface area contributed by atoms with Crippen molar-refractivity contribution in [2.45, 2.75) is 33.0 Å². The SMILES string of the molecule is CCN(C(C)O)C1C=CC(=[N+]=[N-])C(C)=C1.[Cl-].[Zn+2]. The van der Waals surface area contributed by atoms with Crippen molar-refractivity contribution in [1.29, 1.82) is 0 Å². The van der Waals surface area contributed by atoms with Crippen LogP contribution in [0.25, 0.3) is 5.53 Å². The monoisotopic (exact) mass is 306 g/mol. The molecule has 6 heteroatoms. The number of aliphatic hydroxyl groups excluding tert-OH is 1. The van der Waals surface area contributed by atoms with E-state index in [2.05, 4.69) is 4.79 Å². The molecule has 0 aromatic carbocycles. The molecule has 2 unspecified atom stereocenters. The molecule has 4 nitrogen and oxygen atoms in total. The first-order valence-corrected chi connectivity index (χ1v) is 5.13. The zero-order valence-corrected chi connectivity index (χ0v) is 14.2. The van der Waals surface area contributed by atoms with E-state index < -0.39 is 6.23 Å². The van der Waals surface area contributed by atoms with Gasteiger partial charge in [-0.05, 0) is 20.4 Å². The Morgan fingerprint density at radius 3 is 2.53 bits per heavy atom. The minimum atomic E-state index is -0.485. The van der Waals surface area contributed by atoms with Crippen LogP contribution in [0.5, 0.6) is 0 Å². The minimum Gasteiger partial charge on any atom is -1.00 e. The first-order valence-electron chi connectivity index (χ1n) is 5.13. The van der Waals surface area contributed by atoms with Crippen LogP contribution < -0.4 is 12.4 Å². The minimum absolute atomic E-state index is 0. The maximum atomic E-state index is 9.56. The number of nitrogens with zero attached hydrogens (tertiary/aromatic N) is 3. The quantitative estimate of drug-likeness (QED) is 0.290. The molecule has 17 heavy (non-hydrogen) atoms. The van der Waals surface area contributed by atoms with Gasteiger partial charge in [-0.25, -0.2) is 0 Å². The average Bonchev–Trinajstić information content (AvgIpc) is 2.18. The fourth-order valence-corrected chi connectivity index (χ4v) is 1.76. The number of rotatable bonds is 3. The summed E-state index contributed by atoms with van der Waals surface area (Å²) in [7, 11) is 0. The Bertz CT molecular complexity index is 349. The summed E-state index contributed by atoms with van der Waals surface area (Å²) < 4.78 is 0. The van der Waals surface area contributed by atoms with Gasteiger partial charge in [0.2, 0.25) is 0 Å². The van der Waals surface area contributed by atoms with Crippen molar-refractivity contribution in [1.82, 2.24) is 4.90 Å². The third-order valence-corrected chi connectivity index (χ3v) is 2.61. The van der Waals surface area contributed by atoms with Gasteiger partial charge in [0.15, 0.2) is 0 Å². The molecular formula is C11H17ClN3OZn+. The van der Waals surface area contributed by atoms with Crippen LogP contribution in [-0.2, 0) is 19.5 Å². The Labute approximate surface area is 121 Å². The van der Waals surface area contributed by atoms with E-state index in [0.717, 1.165) is 12.1 Å². The molecule has 0 fully saturated rings. The van der Waals surface area contributed by atoms with E-state index in [-0.39, 0.29) is 37.9 Å². The average molecular weight is 308 g/mol. The topological polar surface area (TPSA) is 59.9 Å². The summed E-state index contributed by atoms with van der Waals surface area (Å²) in [5, 5.41) is 9.56. The van der Waals surface area contributed by atoms with Gasteiger partial charge in [0, 0.05) is 17.7 Å². The molecule has 0 saturated heterocycles. The van der Waals surface area contributed by atoms with Crippen molar-refractivity contribution in [3.8, 4) is 0 Å². The molecule has 0 radical (unpaired) electrons. The summed E-state index contributed by atoms with van der Waals surface area (Å²) in [6, 6.07) is 0.0699. The van der Waals surface area contributed by atoms with Gasteiger partial charge in [0.25, 0.3) is 0 Å². The summed E-state index contributed by atoms with van der Waals surface area (Å²) >= 11 is 0. The van der Waals surface area contributed by atoms with Crippen molar-refractivity contribution in [2.75, 3.05) is 6.54 Å². The predicted octanol–water partition coefficient (Wildman–Crippen LogP) is -1.80. The molecule has 1 aliphatic rings. The van der Waals surface area contributed by atoms with Crippen LogP contribution >= 0.6 is 0 Å². The molecular weight excluding hydrogens is 291 g/mol. The molecule has 0 saturated carbocycles. The molecule has 90 valence electrons. The first kappa shape index (κ1) is 19.0. The zero-order valence-electron chi connectivity index (χ0n) is 10.5. The second-order valence-corrected chi connectivity index (χ2v) is 3.65. The summed E-state index contributed by atoms with van der Waals surface area (Å²) in [5.74, 6) is 0. The molecule has 1 N–H and O–H groups in total. The Morgan fingerprint density at radius 2 is 2.18 bits per heavy atom. The summed E-state index contributed by atoms with van der Waals surface area (Å²) in [6.07, 6.45) is 5.18. The van der Waals surface area contributed by atoms with Crippen LogP contribution in [0.4, 0.5) is 0 Å². The number of allylic oxidation sites excluding steroid dienone is 2. The third kappa shape index (κ3) is 4.83. The molecule has 0 bridgehead atoms. The summed E-state index contributed by atoms with van der Waals surface area (Å²) in [6.45, 7) is 6.40. The zero-order chi connectivity index (χ0) is 11.4. The van der Waals surface area contributed by atoms with Gasteiger partial charge in [-0.3, -0.25) is 4.90 Å². The van der Waals surface area contributed by atoms with E-state index in [0.29, 0.717) is 5.71 Å². The van der Waals surface area contributed by atoms with Crippen LogP contribution in [-0.4, -0.2) is 39.3 Å². The largest absolute Gasteiger partial charge is 2.00 e. The third-order valence-electron chi connectivity index (χ3n) is 2.61. The molecule has 0 amide bonds. The van der Waals surface area contributed by atoms with Crippen LogP contribution in [0.2, 0.25) is 0 Å². The van der Waals surface area contributed by atoms with Crippen molar-refractivity contribution < 1.29 is 41.8 Å². The predicted molar refractivity (Wildman–Crippen MR) is 59.4 cm³/mol. The summed E-state index contributed by atoms with van der Waals surface area (Å²) in [4.78, 5) is 5.11. The van der Waals surface area contributed by atoms with E-state index in [1.165, 1.54) is 0 Å². The Hall–Kier alpha value is -0.307. The van der Waals surface area contributed by atoms with E-state index >= 15 is 0 Å². The maximum Gasteiger partial charge on any atom is 2.00 e. The Kier molecular flexibility index (Phi) is 9.79. The standard InChI is InChI=1S/C11H17N3O.ClH.Zn/c1-4-14(9(3)15)10-5-6-11(13-12)8(2)7-10;;/h5-7,9-10,15H,4H2,1-3H3;1H;/q;;+2/p-1. The fraction of sp³-hybridized carbons (Fsp3) is 0.545. The van der Waals surface area contributed by atoms with Crippen molar-refractivity contribution in [3.63, 3.8) is 0 Å². The van der Waals surface area contributed by atoms with Gasteiger partial charge >= 0.3 is 25.2 Å². The number of halogens is 1.